The summed E-state index contributed by atoms with van der Waals surface area (Å²) in [5.41, 5.74) is 3.42. The molecule has 8 nitrogen and oxygen atoms in total. The molecule has 0 radical (unpaired) electrons. The molecule has 2 aromatic carbocycles. The van der Waals surface area contributed by atoms with Crippen LogP contribution in [0.5, 0.6) is 17.2 Å². The highest BCUT2D eigenvalue weighted by Crippen LogP contribution is 2.40. The van der Waals surface area contributed by atoms with Crippen LogP contribution >= 0.6 is 0 Å². The van der Waals surface area contributed by atoms with Gasteiger partial charge in [-0.3, -0.25) is 0 Å². The van der Waals surface area contributed by atoms with E-state index in [1.165, 1.54) is 7.11 Å². The molecule has 0 saturated heterocycles. The maximum atomic E-state index is 11.7. The van der Waals surface area contributed by atoms with Gasteiger partial charge in [0.2, 0.25) is 5.75 Å². The van der Waals surface area contributed by atoms with Crippen LogP contribution in [0.3, 0.4) is 0 Å². The van der Waals surface area contributed by atoms with Crippen LogP contribution in [0.4, 0.5) is 0 Å². The fourth-order valence-electron chi connectivity index (χ4n) is 3.42. The molecule has 158 valence electrons. The van der Waals surface area contributed by atoms with Crippen LogP contribution in [0.15, 0.2) is 54.7 Å². The van der Waals surface area contributed by atoms with Crippen LogP contribution in [0.1, 0.15) is 10.4 Å². The van der Waals surface area contributed by atoms with Crippen LogP contribution in [-0.4, -0.2) is 49.2 Å². The summed E-state index contributed by atoms with van der Waals surface area (Å²) in [6.45, 7) is 0. The van der Waals surface area contributed by atoms with Crippen molar-refractivity contribution in [2.75, 3.05) is 28.4 Å². The predicted octanol–water partition coefficient (Wildman–Crippen LogP) is 3.90. The average molecular weight is 419 g/mol. The fraction of sp³-hybridized carbons (Fsp3) is 0.174. The molecule has 0 aliphatic heterocycles. The monoisotopic (exact) mass is 419 g/mol. The van der Waals surface area contributed by atoms with Gasteiger partial charge in [0, 0.05) is 29.3 Å². The average Bonchev–Trinajstić information content (AvgIpc) is 3.22. The first-order chi connectivity index (χ1) is 15.1. The Morgan fingerprint density at radius 2 is 1.58 bits per heavy atom. The van der Waals surface area contributed by atoms with Gasteiger partial charge in [-0.05, 0) is 24.3 Å². The van der Waals surface area contributed by atoms with Crippen LogP contribution in [-0.2, 0) is 4.74 Å². The van der Waals surface area contributed by atoms with Gasteiger partial charge in [-0.1, -0.05) is 12.1 Å². The van der Waals surface area contributed by atoms with Crippen LogP contribution in [0.25, 0.3) is 28.0 Å². The van der Waals surface area contributed by atoms with Crippen molar-refractivity contribution < 1.29 is 23.7 Å². The number of rotatable bonds is 6. The SMILES string of the molecule is COC(=O)c1ccc(-c2nn(-c3cc(OC)c(OC)c(OC)c3)c3ncccc23)cc1. The van der Waals surface area contributed by atoms with Gasteiger partial charge in [-0.15, -0.1) is 0 Å². The summed E-state index contributed by atoms with van der Waals surface area (Å²) in [6, 6.07) is 14.5. The van der Waals surface area contributed by atoms with E-state index in [0.717, 1.165) is 16.6 Å². The Labute approximate surface area is 178 Å². The topological polar surface area (TPSA) is 84.7 Å². The smallest absolute Gasteiger partial charge is 0.337 e. The number of fused-ring (bicyclic) bond motifs is 1. The number of carbonyl (C=O) groups excluding carboxylic acids is 1. The maximum Gasteiger partial charge on any atom is 0.337 e. The first-order valence-corrected chi connectivity index (χ1v) is 9.44. The van der Waals surface area contributed by atoms with E-state index in [1.807, 2.05) is 36.4 Å². The number of carbonyl (C=O) groups is 1. The summed E-state index contributed by atoms with van der Waals surface area (Å²) in [6.07, 6.45) is 1.71. The van der Waals surface area contributed by atoms with Gasteiger partial charge in [0.15, 0.2) is 17.1 Å². The number of esters is 1. The molecular formula is C23H21N3O5. The molecule has 0 N–H and O–H groups in total. The first kappa shape index (κ1) is 20.2. The second-order valence-corrected chi connectivity index (χ2v) is 6.59. The molecule has 0 spiro atoms. The number of methoxy groups -OCH3 is 4. The molecule has 0 aliphatic rings. The predicted molar refractivity (Wildman–Crippen MR) is 115 cm³/mol. The fourth-order valence-corrected chi connectivity index (χ4v) is 3.42. The molecule has 0 unspecified atom stereocenters. The molecule has 4 aromatic rings. The van der Waals surface area contributed by atoms with Gasteiger partial charge in [0.1, 0.15) is 5.69 Å². The molecule has 4 rings (SSSR count). The van der Waals surface area contributed by atoms with E-state index in [2.05, 4.69) is 4.98 Å². The molecule has 8 heteroatoms. The van der Waals surface area contributed by atoms with Gasteiger partial charge in [0.05, 0.1) is 39.7 Å². The van der Waals surface area contributed by atoms with Crippen LogP contribution < -0.4 is 14.2 Å². The number of nitrogens with zero attached hydrogens (tertiary/aromatic N) is 3. The van der Waals surface area contributed by atoms with E-state index in [4.69, 9.17) is 24.0 Å². The van der Waals surface area contributed by atoms with E-state index in [-0.39, 0.29) is 5.97 Å². The molecule has 0 aliphatic carbocycles. The molecule has 0 amide bonds. The first-order valence-electron chi connectivity index (χ1n) is 9.44. The molecule has 0 saturated carbocycles. The number of hydrogen-bond donors (Lipinski definition) is 0. The number of pyridine rings is 1. The number of benzene rings is 2. The summed E-state index contributed by atoms with van der Waals surface area (Å²) in [4.78, 5) is 16.3. The summed E-state index contributed by atoms with van der Waals surface area (Å²) in [7, 11) is 6.04. The minimum atomic E-state index is -0.388. The Morgan fingerprint density at radius 1 is 0.903 bits per heavy atom. The second kappa shape index (κ2) is 8.35. The minimum absolute atomic E-state index is 0.388. The molecule has 0 bridgehead atoms. The zero-order valence-electron chi connectivity index (χ0n) is 17.6. The van der Waals surface area contributed by atoms with Crippen molar-refractivity contribution in [2.45, 2.75) is 0 Å². The Kier molecular flexibility index (Phi) is 5.44. The van der Waals surface area contributed by atoms with Crippen molar-refractivity contribution in [3.63, 3.8) is 0 Å². The molecule has 2 aromatic heterocycles. The second-order valence-electron chi connectivity index (χ2n) is 6.59. The van der Waals surface area contributed by atoms with E-state index >= 15 is 0 Å². The Morgan fingerprint density at radius 3 is 2.16 bits per heavy atom. The maximum absolute atomic E-state index is 11.7. The van der Waals surface area contributed by atoms with Gasteiger partial charge in [-0.25, -0.2) is 14.5 Å². The molecular weight excluding hydrogens is 398 g/mol. The van der Waals surface area contributed by atoms with E-state index in [9.17, 15) is 4.79 Å². The largest absolute Gasteiger partial charge is 0.493 e. The minimum Gasteiger partial charge on any atom is -0.493 e. The zero-order chi connectivity index (χ0) is 22.0. The quantitative estimate of drug-likeness (QED) is 0.438. The molecule has 0 atom stereocenters. The summed E-state index contributed by atoms with van der Waals surface area (Å²) in [5, 5.41) is 5.68. The van der Waals surface area contributed by atoms with Crippen molar-refractivity contribution in [1.29, 1.82) is 0 Å². The van der Waals surface area contributed by atoms with Crippen molar-refractivity contribution in [3.8, 4) is 34.2 Å². The number of hydrogen-bond acceptors (Lipinski definition) is 7. The normalized spacial score (nSPS) is 10.7. The molecule has 2 heterocycles. The van der Waals surface area contributed by atoms with E-state index in [1.54, 1.807) is 44.3 Å². The summed E-state index contributed by atoms with van der Waals surface area (Å²) in [5.74, 6) is 1.14. The zero-order valence-corrected chi connectivity index (χ0v) is 17.6. The van der Waals surface area contributed by atoms with Gasteiger partial charge >= 0.3 is 5.97 Å². The lowest BCUT2D eigenvalue weighted by molar-refractivity contribution is 0.0600. The Balaban J connectivity index is 1.89. The highest BCUT2D eigenvalue weighted by Gasteiger charge is 2.19. The van der Waals surface area contributed by atoms with Gasteiger partial charge in [0.25, 0.3) is 0 Å². The van der Waals surface area contributed by atoms with Crippen molar-refractivity contribution in [2.24, 2.45) is 0 Å². The third-order valence-corrected chi connectivity index (χ3v) is 4.92. The molecule has 31 heavy (non-hydrogen) atoms. The molecule has 0 fully saturated rings. The summed E-state index contributed by atoms with van der Waals surface area (Å²) < 4.78 is 22.9. The lowest BCUT2D eigenvalue weighted by atomic mass is 10.1. The lowest BCUT2D eigenvalue weighted by Gasteiger charge is -2.14. The van der Waals surface area contributed by atoms with Gasteiger partial charge in [-0.2, -0.15) is 5.10 Å². The summed E-state index contributed by atoms with van der Waals surface area (Å²) >= 11 is 0. The van der Waals surface area contributed by atoms with E-state index in [0.29, 0.717) is 34.1 Å². The highest BCUT2D eigenvalue weighted by molar-refractivity contribution is 5.94. The third kappa shape index (κ3) is 3.52. The number of aromatic nitrogens is 3. The van der Waals surface area contributed by atoms with Gasteiger partial charge < -0.3 is 18.9 Å². The highest BCUT2D eigenvalue weighted by atomic mass is 16.5. The lowest BCUT2D eigenvalue weighted by Crippen LogP contribution is -2.02. The van der Waals surface area contributed by atoms with Crippen LogP contribution in [0, 0.1) is 0 Å². The number of ether oxygens (including phenoxy) is 4. The van der Waals surface area contributed by atoms with Crippen LogP contribution in [0.2, 0.25) is 0 Å². The Hall–Kier alpha value is -4.07. The Bertz CT molecular complexity index is 1220. The van der Waals surface area contributed by atoms with E-state index < -0.39 is 0 Å². The van der Waals surface area contributed by atoms with Crippen molar-refractivity contribution >= 4 is 17.0 Å². The standard InChI is InChI=1S/C23H21N3O5/c1-28-18-12-16(13-19(29-2)21(18)30-3)26-22-17(6-5-11-24-22)20(25-26)14-7-9-15(10-8-14)23(27)31-4/h5-13H,1-4H3. The van der Waals surface area contributed by atoms with Crippen molar-refractivity contribution in [3.05, 3.63) is 60.3 Å². The third-order valence-electron chi connectivity index (χ3n) is 4.92. The van der Waals surface area contributed by atoms with Crippen molar-refractivity contribution in [1.82, 2.24) is 14.8 Å².